The highest BCUT2D eigenvalue weighted by Crippen LogP contribution is 2.34. The molecule has 0 saturated carbocycles. The molecule has 0 aromatic carbocycles. The highest BCUT2D eigenvalue weighted by Gasteiger charge is 2.25. The Bertz CT molecular complexity index is 830. The van der Waals surface area contributed by atoms with Crippen LogP contribution in [0.1, 0.15) is 39.5 Å². The predicted octanol–water partition coefficient (Wildman–Crippen LogP) is 3.55. The topological polar surface area (TPSA) is 77.0 Å². The summed E-state index contributed by atoms with van der Waals surface area (Å²) < 4.78 is 7.10. The highest BCUT2D eigenvalue weighted by molar-refractivity contribution is 6.35. The number of hydrogen-bond donors (Lipinski definition) is 1. The molecule has 0 aliphatic rings. The van der Waals surface area contributed by atoms with Crippen molar-refractivity contribution in [2.45, 2.75) is 39.3 Å². The molecule has 0 fully saturated rings. The molecule has 0 bridgehead atoms. The van der Waals surface area contributed by atoms with Gasteiger partial charge in [0.1, 0.15) is 22.1 Å². The van der Waals surface area contributed by atoms with Crippen molar-refractivity contribution < 1.29 is 9.63 Å². The Morgan fingerprint density at radius 2 is 2.09 bits per heavy atom. The summed E-state index contributed by atoms with van der Waals surface area (Å²) in [5, 5.41) is 19.7. The van der Waals surface area contributed by atoms with Gasteiger partial charge < -0.3 is 9.63 Å². The average molecular weight is 321 g/mol. The number of rotatable bonds is 3. The Hall–Kier alpha value is -1.92. The van der Waals surface area contributed by atoms with E-state index in [0.717, 1.165) is 10.9 Å². The minimum absolute atomic E-state index is 0.162. The lowest BCUT2D eigenvalue weighted by atomic mass is 10.1. The molecule has 1 N–H and O–H groups in total. The molecule has 3 rings (SSSR count). The molecule has 0 amide bonds. The van der Waals surface area contributed by atoms with Crippen molar-refractivity contribution in [2.24, 2.45) is 0 Å². The minimum atomic E-state index is -1.11. The summed E-state index contributed by atoms with van der Waals surface area (Å²) in [6.45, 7) is 7.35. The van der Waals surface area contributed by atoms with Crippen LogP contribution in [0.15, 0.2) is 22.9 Å². The SMILES string of the molecule is CC(C)n1nc(-c2cc(C(C)(C)O)on2)c2c(Cl)nccc21. The normalized spacial score (nSPS) is 12.5. The second-order valence-electron chi connectivity index (χ2n) is 6.02. The van der Waals surface area contributed by atoms with Crippen molar-refractivity contribution in [3.63, 3.8) is 0 Å². The Morgan fingerprint density at radius 1 is 1.36 bits per heavy atom. The first-order valence-electron chi connectivity index (χ1n) is 7.01. The quantitative estimate of drug-likeness (QED) is 0.747. The van der Waals surface area contributed by atoms with E-state index in [4.69, 9.17) is 16.1 Å². The number of fused-ring (bicyclic) bond motifs is 1. The maximum atomic E-state index is 10.0. The van der Waals surface area contributed by atoms with Crippen molar-refractivity contribution in [1.82, 2.24) is 19.9 Å². The number of hydrogen-bond acceptors (Lipinski definition) is 5. The van der Waals surface area contributed by atoms with Gasteiger partial charge in [0.05, 0.1) is 10.9 Å². The first kappa shape index (κ1) is 15.0. The Morgan fingerprint density at radius 3 is 2.68 bits per heavy atom. The molecule has 0 aliphatic heterocycles. The van der Waals surface area contributed by atoms with Crippen molar-refractivity contribution in [1.29, 1.82) is 0 Å². The maximum Gasteiger partial charge on any atom is 0.168 e. The number of halogens is 1. The third kappa shape index (κ3) is 2.38. The molecular formula is C15H17ClN4O2. The van der Waals surface area contributed by atoms with Crippen molar-refractivity contribution in [3.8, 4) is 11.4 Å². The zero-order valence-corrected chi connectivity index (χ0v) is 13.6. The van der Waals surface area contributed by atoms with Crippen molar-refractivity contribution in [2.75, 3.05) is 0 Å². The van der Waals surface area contributed by atoms with Gasteiger partial charge in [0.2, 0.25) is 0 Å². The summed E-state index contributed by atoms with van der Waals surface area (Å²) in [6.07, 6.45) is 1.65. The van der Waals surface area contributed by atoms with Gasteiger partial charge in [0.25, 0.3) is 0 Å². The fraction of sp³-hybridized carbons (Fsp3) is 0.400. The summed E-state index contributed by atoms with van der Waals surface area (Å²) in [6, 6.07) is 3.71. The van der Waals surface area contributed by atoms with Gasteiger partial charge in [-0.2, -0.15) is 5.10 Å². The van der Waals surface area contributed by atoms with E-state index < -0.39 is 5.60 Å². The fourth-order valence-electron chi connectivity index (χ4n) is 2.30. The van der Waals surface area contributed by atoms with Gasteiger partial charge in [-0.25, -0.2) is 4.98 Å². The van der Waals surface area contributed by atoms with Gasteiger partial charge in [0.15, 0.2) is 5.76 Å². The standard InChI is InChI=1S/C15H17ClN4O2/c1-8(2)20-10-5-6-17-14(16)12(10)13(18-20)9-7-11(22-19-9)15(3,4)21/h5-8,21H,1-4H3. The molecule has 3 heterocycles. The second kappa shape index (κ2) is 5.07. The van der Waals surface area contributed by atoms with Crippen LogP contribution in [-0.2, 0) is 5.60 Å². The molecule has 0 atom stereocenters. The monoisotopic (exact) mass is 320 g/mol. The summed E-state index contributed by atoms with van der Waals surface area (Å²) >= 11 is 6.25. The molecule has 0 spiro atoms. The van der Waals surface area contributed by atoms with Crippen LogP contribution in [0.4, 0.5) is 0 Å². The lowest BCUT2D eigenvalue weighted by Gasteiger charge is -2.10. The van der Waals surface area contributed by atoms with E-state index in [2.05, 4.69) is 15.2 Å². The summed E-state index contributed by atoms with van der Waals surface area (Å²) in [5.41, 5.74) is 0.902. The van der Waals surface area contributed by atoms with Gasteiger partial charge >= 0.3 is 0 Å². The average Bonchev–Trinajstić information content (AvgIpc) is 3.02. The Kier molecular flexibility index (Phi) is 3.45. The number of nitrogens with zero attached hydrogens (tertiary/aromatic N) is 4. The van der Waals surface area contributed by atoms with Crippen molar-refractivity contribution >= 4 is 22.5 Å². The predicted molar refractivity (Wildman–Crippen MR) is 83.7 cm³/mol. The van der Waals surface area contributed by atoms with E-state index in [-0.39, 0.29) is 6.04 Å². The van der Waals surface area contributed by atoms with Gasteiger partial charge in [0, 0.05) is 18.3 Å². The molecule has 3 aromatic rings. The Labute approximate surface area is 132 Å². The molecule has 7 heteroatoms. The van der Waals surface area contributed by atoms with E-state index in [0.29, 0.717) is 22.3 Å². The third-order valence-corrected chi connectivity index (χ3v) is 3.71. The number of pyridine rings is 1. The second-order valence-corrected chi connectivity index (χ2v) is 6.38. The minimum Gasteiger partial charge on any atom is -0.382 e. The summed E-state index contributed by atoms with van der Waals surface area (Å²) in [5.74, 6) is 0.370. The lowest BCUT2D eigenvalue weighted by Crippen LogP contribution is -2.13. The van der Waals surface area contributed by atoms with E-state index in [9.17, 15) is 5.11 Å². The van der Waals surface area contributed by atoms with Crippen LogP contribution in [0, 0.1) is 0 Å². The van der Waals surface area contributed by atoms with Gasteiger partial charge in [-0.1, -0.05) is 16.8 Å². The van der Waals surface area contributed by atoms with E-state index in [1.54, 1.807) is 26.1 Å². The van der Waals surface area contributed by atoms with Gasteiger partial charge in [-0.3, -0.25) is 4.68 Å². The molecule has 0 radical (unpaired) electrons. The van der Waals surface area contributed by atoms with Crippen LogP contribution in [0.5, 0.6) is 0 Å². The third-order valence-electron chi connectivity index (χ3n) is 3.42. The van der Waals surface area contributed by atoms with Crippen LogP contribution >= 0.6 is 11.6 Å². The molecule has 6 nitrogen and oxygen atoms in total. The molecule has 116 valence electrons. The largest absolute Gasteiger partial charge is 0.382 e. The van der Waals surface area contributed by atoms with Crippen LogP contribution in [0.2, 0.25) is 5.15 Å². The first-order chi connectivity index (χ1) is 10.3. The molecular weight excluding hydrogens is 304 g/mol. The van der Waals surface area contributed by atoms with Crippen LogP contribution in [0.25, 0.3) is 22.3 Å². The van der Waals surface area contributed by atoms with Crippen LogP contribution in [-0.4, -0.2) is 25.0 Å². The maximum absolute atomic E-state index is 10.0. The van der Waals surface area contributed by atoms with Gasteiger partial charge in [-0.05, 0) is 33.8 Å². The molecule has 0 unspecified atom stereocenters. The first-order valence-corrected chi connectivity index (χ1v) is 7.39. The van der Waals surface area contributed by atoms with Crippen LogP contribution < -0.4 is 0 Å². The smallest absolute Gasteiger partial charge is 0.168 e. The van der Waals surface area contributed by atoms with Crippen molar-refractivity contribution in [3.05, 3.63) is 29.2 Å². The molecule has 0 aliphatic carbocycles. The highest BCUT2D eigenvalue weighted by atomic mass is 35.5. The Balaban J connectivity index is 2.25. The van der Waals surface area contributed by atoms with Gasteiger partial charge in [-0.15, -0.1) is 0 Å². The van der Waals surface area contributed by atoms with E-state index in [1.165, 1.54) is 0 Å². The zero-order valence-electron chi connectivity index (χ0n) is 12.8. The lowest BCUT2D eigenvalue weighted by molar-refractivity contribution is 0.0476. The van der Waals surface area contributed by atoms with E-state index in [1.807, 2.05) is 24.6 Å². The van der Waals surface area contributed by atoms with E-state index >= 15 is 0 Å². The molecule has 3 aromatic heterocycles. The fourth-order valence-corrected chi connectivity index (χ4v) is 2.54. The molecule has 22 heavy (non-hydrogen) atoms. The summed E-state index contributed by atoms with van der Waals surface area (Å²) in [7, 11) is 0. The number of aliphatic hydroxyl groups is 1. The number of aromatic nitrogens is 4. The zero-order chi connectivity index (χ0) is 16.1. The summed E-state index contributed by atoms with van der Waals surface area (Å²) in [4.78, 5) is 4.13. The molecule has 0 saturated heterocycles. The van der Waals surface area contributed by atoms with Crippen LogP contribution in [0.3, 0.4) is 0 Å².